The van der Waals surface area contributed by atoms with Crippen LogP contribution < -0.4 is 5.32 Å². The van der Waals surface area contributed by atoms with Crippen LogP contribution in [-0.4, -0.2) is 11.0 Å². The summed E-state index contributed by atoms with van der Waals surface area (Å²) in [5.74, 6) is 0. The lowest BCUT2D eigenvalue weighted by Gasteiger charge is -2.24. The summed E-state index contributed by atoms with van der Waals surface area (Å²) >= 11 is 3.35. The molecular weight excluding hydrogens is 266 g/mol. The van der Waals surface area contributed by atoms with E-state index in [0.717, 1.165) is 10.2 Å². The normalized spacial score (nSPS) is 16.8. The van der Waals surface area contributed by atoms with E-state index in [9.17, 15) is 0 Å². The predicted molar refractivity (Wildman–Crippen MR) is 67.1 cm³/mol. The minimum atomic E-state index is 0.497. The number of halogens is 1. The summed E-state index contributed by atoms with van der Waals surface area (Å²) in [7, 11) is 0. The number of aromatic nitrogens is 1. The fourth-order valence-electron chi connectivity index (χ4n) is 2.12. The molecule has 3 nitrogen and oxygen atoms in total. The molecule has 1 fully saturated rings. The van der Waals surface area contributed by atoms with E-state index in [2.05, 4.69) is 32.3 Å². The molecule has 4 heteroatoms. The van der Waals surface area contributed by atoms with Crippen molar-refractivity contribution in [2.24, 2.45) is 0 Å². The van der Waals surface area contributed by atoms with Crippen molar-refractivity contribution >= 4 is 21.6 Å². The first-order valence-electron chi connectivity index (χ1n) is 5.61. The Morgan fingerprint density at radius 2 is 2.06 bits per heavy atom. The van der Waals surface area contributed by atoms with E-state index in [0.29, 0.717) is 11.6 Å². The van der Waals surface area contributed by atoms with Gasteiger partial charge in [0, 0.05) is 12.2 Å². The lowest BCUT2D eigenvalue weighted by atomic mass is 9.95. The Morgan fingerprint density at radius 1 is 1.31 bits per heavy atom. The highest BCUT2D eigenvalue weighted by Crippen LogP contribution is 2.26. The third-order valence-corrected chi connectivity index (χ3v) is 3.58. The highest BCUT2D eigenvalue weighted by Gasteiger charge is 2.15. The zero-order valence-electron chi connectivity index (χ0n) is 9.04. The van der Waals surface area contributed by atoms with Gasteiger partial charge in [-0.15, -0.1) is 0 Å². The van der Waals surface area contributed by atoms with Gasteiger partial charge in [0.2, 0.25) is 0 Å². The summed E-state index contributed by atoms with van der Waals surface area (Å²) in [4.78, 5) is 4.10. The van der Waals surface area contributed by atoms with E-state index in [-0.39, 0.29) is 0 Å². The van der Waals surface area contributed by atoms with Gasteiger partial charge >= 0.3 is 0 Å². The van der Waals surface area contributed by atoms with E-state index in [4.69, 9.17) is 5.26 Å². The highest BCUT2D eigenvalue weighted by molar-refractivity contribution is 9.10. The van der Waals surface area contributed by atoms with Crippen LogP contribution >= 0.6 is 15.9 Å². The van der Waals surface area contributed by atoms with Crippen LogP contribution in [-0.2, 0) is 0 Å². The molecule has 1 aromatic rings. The molecule has 0 aromatic carbocycles. The molecule has 16 heavy (non-hydrogen) atoms. The number of hydrogen-bond acceptors (Lipinski definition) is 3. The number of anilines is 1. The molecule has 0 unspecified atom stereocenters. The second-order valence-electron chi connectivity index (χ2n) is 4.13. The second-order valence-corrected chi connectivity index (χ2v) is 4.99. The number of rotatable bonds is 2. The van der Waals surface area contributed by atoms with Crippen molar-refractivity contribution in [3.8, 4) is 6.07 Å². The molecule has 2 rings (SSSR count). The Morgan fingerprint density at radius 3 is 2.75 bits per heavy atom. The summed E-state index contributed by atoms with van der Waals surface area (Å²) in [6.07, 6.45) is 9.67. The lowest BCUT2D eigenvalue weighted by molar-refractivity contribution is 0.462. The van der Waals surface area contributed by atoms with Crippen LogP contribution in [0.2, 0.25) is 0 Å². The molecule has 0 aliphatic heterocycles. The molecule has 0 bridgehead atoms. The topological polar surface area (TPSA) is 48.7 Å². The first-order chi connectivity index (χ1) is 7.81. The average molecular weight is 280 g/mol. The van der Waals surface area contributed by atoms with Gasteiger partial charge in [0.25, 0.3) is 0 Å². The van der Waals surface area contributed by atoms with E-state index >= 15 is 0 Å². The Hall–Kier alpha value is -1.08. The van der Waals surface area contributed by atoms with Crippen molar-refractivity contribution in [2.75, 3.05) is 5.32 Å². The van der Waals surface area contributed by atoms with Gasteiger partial charge in [-0.2, -0.15) is 5.26 Å². The van der Waals surface area contributed by atoms with Crippen molar-refractivity contribution in [1.29, 1.82) is 5.26 Å². The molecule has 0 atom stereocenters. The van der Waals surface area contributed by atoms with Gasteiger partial charge in [-0.3, -0.25) is 4.98 Å². The summed E-state index contributed by atoms with van der Waals surface area (Å²) in [6.45, 7) is 0. The number of hydrogen-bond donors (Lipinski definition) is 1. The fraction of sp³-hybridized carbons (Fsp3) is 0.500. The molecule has 0 amide bonds. The van der Waals surface area contributed by atoms with Crippen molar-refractivity contribution in [2.45, 2.75) is 38.1 Å². The van der Waals surface area contributed by atoms with Crippen molar-refractivity contribution in [3.05, 3.63) is 22.4 Å². The second kappa shape index (κ2) is 5.31. The zero-order valence-corrected chi connectivity index (χ0v) is 10.6. The molecule has 0 radical (unpaired) electrons. The Bertz CT molecular complexity index is 405. The van der Waals surface area contributed by atoms with Crippen LogP contribution in [0.15, 0.2) is 16.9 Å². The van der Waals surface area contributed by atoms with Crippen molar-refractivity contribution in [3.63, 3.8) is 0 Å². The number of pyridine rings is 1. The van der Waals surface area contributed by atoms with Gasteiger partial charge in [-0.25, -0.2) is 0 Å². The minimum Gasteiger partial charge on any atom is -0.380 e. The quantitative estimate of drug-likeness (QED) is 0.902. The standard InChI is InChI=1S/C12H14BrN3/c13-11-7-15-8-12(10(11)6-14)16-9-4-2-1-3-5-9/h7-9,16H,1-5H2. The molecule has 1 aliphatic rings. The summed E-state index contributed by atoms with van der Waals surface area (Å²) in [5.41, 5.74) is 1.50. The number of nitrogens with zero attached hydrogens (tertiary/aromatic N) is 2. The smallest absolute Gasteiger partial charge is 0.103 e. The fourth-order valence-corrected chi connectivity index (χ4v) is 2.55. The molecule has 1 heterocycles. The Balaban J connectivity index is 2.14. The van der Waals surface area contributed by atoms with Crippen LogP contribution in [0, 0.1) is 11.3 Å². The van der Waals surface area contributed by atoms with E-state index in [1.54, 1.807) is 12.4 Å². The van der Waals surface area contributed by atoms with Gasteiger partial charge in [0.05, 0.1) is 21.9 Å². The van der Waals surface area contributed by atoms with Gasteiger partial charge in [-0.05, 0) is 28.8 Å². The van der Waals surface area contributed by atoms with E-state index < -0.39 is 0 Å². The maximum Gasteiger partial charge on any atom is 0.103 e. The predicted octanol–water partition coefficient (Wildman–Crippen LogP) is 3.46. The van der Waals surface area contributed by atoms with Crippen molar-refractivity contribution in [1.82, 2.24) is 4.98 Å². The molecule has 1 saturated carbocycles. The maximum absolute atomic E-state index is 9.08. The first-order valence-corrected chi connectivity index (χ1v) is 6.40. The molecule has 84 valence electrons. The van der Waals surface area contributed by atoms with E-state index in [1.165, 1.54) is 32.1 Å². The van der Waals surface area contributed by atoms with Gasteiger partial charge in [-0.1, -0.05) is 19.3 Å². The molecule has 1 N–H and O–H groups in total. The number of nitriles is 1. The van der Waals surface area contributed by atoms with Crippen LogP contribution in [0.3, 0.4) is 0 Å². The first kappa shape index (κ1) is 11.4. The van der Waals surface area contributed by atoms with Crippen molar-refractivity contribution < 1.29 is 0 Å². The van der Waals surface area contributed by atoms with Gasteiger partial charge in [0.15, 0.2) is 0 Å². The largest absolute Gasteiger partial charge is 0.380 e. The maximum atomic E-state index is 9.08. The molecule has 0 spiro atoms. The average Bonchev–Trinajstić information content (AvgIpc) is 2.31. The third-order valence-electron chi connectivity index (χ3n) is 2.98. The van der Waals surface area contributed by atoms with Crippen LogP contribution in [0.5, 0.6) is 0 Å². The zero-order chi connectivity index (χ0) is 11.4. The van der Waals surface area contributed by atoms with Crippen LogP contribution in [0.4, 0.5) is 5.69 Å². The summed E-state index contributed by atoms with van der Waals surface area (Å²) in [5, 5.41) is 12.5. The molecule has 1 aromatic heterocycles. The summed E-state index contributed by atoms with van der Waals surface area (Å²) in [6, 6.07) is 2.70. The third kappa shape index (κ3) is 2.53. The lowest BCUT2D eigenvalue weighted by Crippen LogP contribution is -2.22. The minimum absolute atomic E-state index is 0.497. The highest BCUT2D eigenvalue weighted by atomic mass is 79.9. The Kier molecular flexibility index (Phi) is 3.79. The molecular formula is C12H14BrN3. The monoisotopic (exact) mass is 279 g/mol. The number of nitrogens with one attached hydrogen (secondary N) is 1. The molecule has 1 aliphatic carbocycles. The van der Waals surface area contributed by atoms with Gasteiger partial charge < -0.3 is 5.32 Å². The molecule has 0 saturated heterocycles. The van der Waals surface area contributed by atoms with Crippen LogP contribution in [0.25, 0.3) is 0 Å². The van der Waals surface area contributed by atoms with E-state index in [1.807, 2.05) is 0 Å². The summed E-state index contributed by atoms with van der Waals surface area (Å²) < 4.78 is 0.760. The van der Waals surface area contributed by atoms with Crippen LogP contribution in [0.1, 0.15) is 37.7 Å². The van der Waals surface area contributed by atoms with Gasteiger partial charge in [0.1, 0.15) is 6.07 Å². The SMILES string of the molecule is N#Cc1c(Br)cncc1NC1CCCCC1. The Labute approximate surface area is 104 Å².